The van der Waals surface area contributed by atoms with Crippen molar-refractivity contribution in [3.63, 3.8) is 0 Å². The van der Waals surface area contributed by atoms with Gasteiger partial charge >= 0.3 is 5.97 Å². The van der Waals surface area contributed by atoms with Crippen LogP contribution in [0.2, 0.25) is 0 Å². The molecule has 11 nitrogen and oxygen atoms in total. The number of Topliss-reactive ketones (excluding diaryl/α,β-unsaturated/α-hetero) is 1. The Kier molecular flexibility index (Phi) is 14.5. The smallest absolute Gasteiger partial charge is 0.325 e. The van der Waals surface area contributed by atoms with Crippen molar-refractivity contribution in [2.24, 2.45) is 0 Å². The van der Waals surface area contributed by atoms with Crippen molar-refractivity contribution in [3.8, 4) is 33.9 Å². The van der Waals surface area contributed by atoms with E-state index >= 15 is 0 Å². The van der Waals surface area contributed by atoms with Crippen LogP contribution in [0, 0.1) is 6.92 Å². The van der Waals surface area contributed by atoms with Gasteiger partial charge in [0.1, 0.15) is 63.3 Å². The summed E-state index contributed by atoms with van der Waals surface area (Å²) in [7, 11) is 7.33. The third-order valence-corrected chi connectivity index (χ3v) is 10.4. The summed E-state index contributed by atoms with van der Waals surface area (Å²) in [5.74, 6) is 2.81. The number of ketones is 1. The van der Waals surface area contributed by atoms with Gasteiger partial charge in [-0.05, 0) is 67.1 Å². The maximum atomic E-state index is 12.7. The summed E-state index contributed by atoms with van der Waals surface area (Å²) in [5, 5.41) is 15.0. The van der Waals surface area contributed by atoms with Crippen molar-refractivity contribution in [1.29, 1.82) is 0 Å². The van der Waals surface area contributed by atoms with Crippen LogP contribution >= 0.6 is 11.8 Å². The molecule has 0 atom stereocenters. The summed E-state index contributed by atoms with van der Waals surface area (Å²) < 4.78 is 26.6. The molecule has 13 heteroatoms. The fourth-order valence-corrected chi connectivity index (χ4v) is 7.58. The highest BCUT2D eigenvalue weighted by Gasteiger charge is 2.23. The van der Waals surface area contributed by atoms with Crippen molar-refractivity contribution in [1.82, 2.24) is 9.89 Å². The van der Waals surface area contributed by atoms with E-state index in [-0.39, 0.29) is 50.5 Å². The van der Waals surface area contributed by atoms with Crippen LogP contribution in [0.4, 0.5) is 11.4 Å². The van der Waals surface area contributed by atoms with Crippen LogP contribution in [-0.2, 0) is 20.9 Å². The molecule has 0 radical (unpaired) electrons. The van der Waals surface area contributed by atoms with Gasteiger partial charge in [-0.15, -0.1) is 0 Å². The molecule has 0 saturated heterocycles. The molecule has 0 fully saturated rings. The Hall–Kier alpha value is -4.75. The van der Waals surface area contributed by atoms with Crippen molar-refractivity contribution >= 4 is 45.9 Å². The van der Waals surface area contributed by atoms with E-state index in [1.54, 1.807) is 11.8 Å². The first-order valence-corrected chi connectivity index (χ1v) is 19.3. The molecule has 0 unspecified atom stereocenters. The maximum Gasteiger partial charge on any atom is 0.325 e. The minimum atomic E-state index is -0.554. The lowest BCUT2D eigenvalue weighted by molar-refractivity contribution is -0.139. The molecule has 2 N–H and O–H groups in total. The zero-order valence-corrected chi connectivity index (χ0v) is 33.6. The predicted octanol–water partition coefficient (Wildman–Crippen LogP) is 1.82. The normalized spacial score (nSPS) is 13.7. The molecule has 3 aromatic rings. The number of aliphatic hydroxyl groups is 1. The van der Waals surface area contributed by atoms with Gasteiger partial charge in [-0.1, -0.05) is 24.3 Å². The number of esters is 1. The van der Waals surface area contributed by atoms with Crippen molar-refractivity contribution in [3.05, 3.63) is 89.3 Å². The van der Waals surface area contributed by atoms with E-state index < -0.39 is 6.61 Å². The van der Waals surface area contributed by atoms with Gasteiger partial charge in [0, 0.05) is 53.7 Å². The number of halogens is 1. The molecule has 0 bridgehead atoms. The molecule has 292 valence electrons. The molecule has 0 saturated carbocycles. The summed E-state index contributed by atoms with van der Waals surface area (Å²) in [6.07, 6.45) is 0. The minimum absolute atomic E-state index is 0. The van der Waals surface area contributed by atoms with Crippen molar-refractivity contribution < 1.29 is 45.7 Å². The number of thioether (sulfide) groups is 1. The van der Waals surface area contributed by atoms with Crippen LogP contribution in [0.5, 0.6) is 11.5 Å². The first kappa shape index (κ1) is 41.4. The molecule has 3 aromatic carbocycles. The predicted molar refractivity (Wildman–Crippen MR) is 216 cm³/mol. The molecule has 0 amide bonds. The van der Waals surface area contributed by atoms with Crippen LogP contribution in [0.3, 0.4) is 0 Å². The van der Waals surface area contributed by atoms with Crippen LogP contribution in [0.15, 0.2) is 77.2 Å². The largest absolute Gasteiger partial charge is 1.00 e. The number of aryl methyl sites for hydroxylation is 1. The molecule has 0 aromatic heterocycles. The van der Waals surface area contributed by atoms with Crippen LogP contribution < -0.4 is 46.9 Å². The number of carbonyl (C=O) groups is 2. The number of ether oxygens (including phenoxy) is 3. The number of hydrogen-bond acceptors (Lipinski definition) is 11. The van der Waals surface area contributed by atoms with Gasteiger partial charge in [0.25, 0.3) is 0 Å². The zero-order chi connectivity index (χ0) is 38.2. The SMILES string of the molecule is CNCc1ccc2c(-c3ccc4c(c3)OCCOc3cc(C)ccc3N(CC(=O)OC)CCSCCN4CC(=O)CO)c3ccc(=[N+](C)C)cc-3oc2c1.[Cl-]. The van der Waals surface area contributed by atoms with Gasteiger partial charge in [-0.2, -0.15) is 11.8 Å². The molecule has 3 aliphatic rings. The van der Waals surface area contributed by atoms with Crippen LogP contribution in [-0.4, -0.2) is 103 Å². The number of benzene rings is 4. The molecule has 1 aliphatic carbocycles. The van der Waals surface area contributed by atoms with Crippen LogP contribution in [0.1, 0.15) is 11.1 Å². The minimum Gasteiger partial charge on any atom is -1.00 e. The third kappa shape index (κ3) is 9.93. The molecular formula is C42H49ClN4O7S. The average Bonchev–Trinajstić information content (AvgIpc) is 3.17. The van der Waals surface area contributed by atoms with Gasteiger partial charge < -0.3 is 51.3 Å². The fourth-order valence-electron chi connectivity index (χ4n) is 6.68. The Morgan fingerprint density at radius 3 is 2.25 bits per heavy atom. The zero-order valence-electron chi connectivity index (χ0n) is 32.0. The van der Waals surface area contributed by atoms with E-state index in [0.29, 0.717) is 36.9 Å². The number of carbonyl (C=O) groups excluding carboxylic acids is 2. The Bertz CT molecular complexity index is 2170. The monoisotopic (exact) mass is 788 g/mol. The van der Waals surface area contributed by atoms with E-state index in [2.05, 4.69) is 52.4 Å². The lowest BCUT2D eigenvalue weighted by Crippen LogP contribution is -3.00. The summed E-state index contributed by atoms with van der Waals surface area (Å²) in [5.41, 5.74) is 7.37. The fraction of sp³-hybridized carbons (Fsp3) is 0.357. The van der Waals surface area contributed by atoms with Crippen molar-refractivity contribution in [2.45, 2.75) is 13.5 Å². The lowest BCUT2D eigenvalue weighted by atomic mass is 9.92. The number of nitrogens with one attached hydrogen (secondary N) is 1. The summed E-state index contributed by atoms with van der Waals surface area (Å²) in [4.78, 5) is 29.1. The highest BCUT2D eigenvalue weighted by molar-refractivity contribution is 7.99. The number of anilines is 2. The van der Waals surface area contributed by atoms with E-state index in [0.717, 1.165) is 67.0 Å². The first-order chi connectivity index (χ1) is 26.2. The third-order valence-electron chi connectivity index (χ3n) is 9.41. The summed E-state index contributed by atoms with van der Waals surface area (Å²) in [6, 6.07) is 24.6. The van der Waals surface area contributed by atoms with Gasteiger partial charge in [-0.3, -0.25) is 9.59 Å². The molecule has 55 heavy (non-hydrogen) atoms. The summed E-state index contributed by atoms with van der Waals surface area (Å²) >= 11 is 1.72. The maximum absolute atomic E-state index is 12.7. The molecule has 2 aliphatic heterocycles. The van der Waals surface area contributed by atoms with Gasteiger partial charge in [-0.25, -0.2) is 4.58 Å². The highest BCUT2D eigenvalue weighted by Crippen LogP contribution is 2.43. The van der Waals surface area contributed by atoms with E-state index in [4.69, 9.17) is 18.6 Å². The Balaban J connectivity index is 0.00000580. The van der Waals surface area contributed by atoms with E-state index in [1.165, 1.54) is 7.11 Å². The standard InChI is InChI=1S/C42H49N4O7S.ClH/c1-28-6-12-35-39(20-28)51-16-17-52-40-22-30(8-13-36(40)45(25-32(48)27-47)14-18-54-19-15-46(35)26-41(49)50-5)42-33-10-7-29(24-43-2)21-37(33)53-38-23-31(44(3)4)9-11-34(38)42;/h6-13,20-23,43,47H,14-19,24-27H2,1-5H3;1H/q+1;/p-1. The number of rotatable bonds is 8. The number of hydrogen-bond donors (Lipinski definition) is 2. The van der Waals surface area contributed by atoms with Crippen molar-refractivity contribution in [2.75, 3.05) is 95.6 Å². The second-order valence-electron chi connectivity index (χ2n) is 13.5. The van der Waals surface area contributed by atoms with Gasteiger partial charge in [0.05, 0.1) is 31.1 Å². The summed E-state index contributed by atoms with van der Waals surface area (Å²) in [6.45, 7) is 3.83. The number of aliphatic hydroxyl groups excluding tert-OH is 1. The molecule has 2 heterocycles. The topological polar surface area (TPSA) is 117 Å². The number of nitrogens with zero attached hydrogens (tertiary/aromatic N) is 3. The Labute approximate surface area is 332 Å². The molecule has 0 spiro atoms. The lowest BCUT2D eigenvalue weighted by Gasteiger charge is -2.27. The Morgan fingerprint density at radius 1 is 0.891 bits per heavy atom. The van der Waals surface area contributed by atoms with Crippen LogP contribution in [0.25, 0.3) is 33.4 Å². The Morgan fingerprint density at radius 2 is 1.58 bits per heavy atom. The van der Waals surface area contributed by atoms with Gasteiger partial charge in [0.2, 0.25) is 5.36 Å². The van der Waals surface area contributed by atoms with Gasteiger partial charge in [0.15, 0.2) is 5.78 Å². The second kappa shape index (κ2) is 19.2. The number of methoxy groups -OCH3 is 1. The average molecular weight is 789 g/mol. The van der Waals surface area contributed by atoms with E-state index in [1.807, 2.05) is 68.2 Å². The quantitative estimate of drug-likeness (QED) is 0.136. The first-order valence-electron chi connectivity index (χ1n) is 18.1. The molecule has 6 rings (SSSR count). The highest BCUT2D eigenvalue weighted by atomic mass is 35.5. The second-order valence-corrected chi connectivity index (χ2v) is 14.7. The molecular weight excluding hydrogens is 740 g/mol. The number of fused-ring (bicyclic) bond motifs is 4. The van der Waals surface area contributed by atoms with E-state index in [9.17, 15) is 14.7 Å².